The van der Waals surface area contributed by atoms with Gasteiger partial charge in [0.15, 0.2) is 18.6 Å². The van der Waals surface area contributed by atoms with E-state index in [1.807, 2.05) is 24.3 Å². The minimum absolute atomic E-state index is 0.523. The molecule has 0 saturated carbocycles. The molecule has 4 aliphatic heterocycles. The SMILES string of the molecule is Cc1ccc2c(c1)Oc1ccc3c4c1N2c1cc(-n2c5ccccc5c5ccccc52)cc2c1P4(=O)c1c(cc(-n4c5ccccc5c5ccccc54)cc1O3)O2. The smallest absolute Gasteiger partial charge is 0.190 e. The summed E-state index contributed by atoms with van der Waals surface area (Å²) in [6, 6.07) is 52.3. The lowest BCUT2D eigenvalue weighted by atomic mass is 10.1. The first-order chi connectivity index (χ1) is 28.0. The van der Waals surface area contributed by atoms with Crippen LogP contribution in [0.15, 0.2) is 152 Å². The molecule has 0 aliphatic carbocycles. The van der Waals surface area contributed by atoms with Crippen molar-refractivity contribution in [1.82, 2.24) is 9.13 Å². The Morgan fingerprint density at radius 2 is 0.895 bits per heavy atom. The minimum Gasteiger partial charge on any atom is -0.455 e. The number of aromatic nitrogens is 2. The van der Waals surface area contributed by atoms with Gasteiger partial charge in [-0.2, -0.15) is 0 Å². The van der Waals surface area contributed by atoms with Gasteiger partial charge in [0.05, 0.1) is 55.4 Å². The van der Waals surface area contributed by atoms with E-state index in [-0.39, 0.29) is 0 Å². The largest absolute Gasteiger partial charge is 0.455 e. The first-order valence-corrected chi connectivity index (χ1v) is 20.8. The second-order valence-corrected chi connectivity index (χ2v) is 17.9. The Labute approximate surface area is 325 Å². The van der Waals surface area contributed by atoms with E-state index < -0.39 is 7.14 Å². The molecule has 0 saturated heterocycles. The van der Waals surface area contributed by atoms with Crippen molar-refractivity contribution < 1.29 is 18.8 Å². The molecule has 8 heteroatoms. The Balaban J connectivity index is 1.11. The van der Waals surface area contributed by atoms with Gasteiger partial charge >= 0.3 is 0 Å². The lowest BCUT2D eigenvalue weighted by Gasteiger charge is -2.45. The Hall–Kier alpha value is -7.21. The van der Waals surface area contributed by atoms with E-state index in [1.165, 1.54) is 0 Å². The molecule has 4 aliphatic rings. The summed E-state index contributed by atoms with van der Waals surface area (Å²) >= 11 is 0. The number of benzene rings is 8. The molecule has 6 heterocycles. The third kappa shape index (κ3) is 3.58. The summed E-state index contributed by atoms with van der Waals surface area (Å²) < 4.78 is 42.1. The topological polar surface area (TPSA) is 57.9 Å². The second kappa shape index (κ2) is 10.1. The first kappa shape index (κ1) is 30.1. The predicted octanol–water partition coefficient (Wildman–Crippen LogP) is 11.9. The molecule has 57 heavy (non-hydrogen) atoms. The number of hydrogen-bond acceptors (Lipinski definition) is 5. The van der Waals surface area contributed by atoms with E-state index in [4.69, 9.17) is 14.2 Å². The average Bonchev–Trinajstić information content (AvgIpc) is 3.75. The van der Waals surface area contributed by atoms with E-state index in [2.05, 4.69) is 148 Å². The normalized spacial score (nSPS) is 16.3. The van der Waals surface area contributed by atoms with Gasteiger partial charge in [0.25, 0.3) is 0 Å². The Bertz CT molecular complexity index is 3470. The fourth-order valence-electron chi connectivity index (χ4n) is 10.0. The lowest BCUT2D eigenvalue weighted by molar-refractivity contribution is 0.454. The highest BCUT2D eigenvalue weighted by atomic mass is 31.2. The van der Waals surface area contributed by atoms with Crippen LogP contribution < -0.4 is 35.0 Å². The number of rotatable bonds is 2. The van der Waals surface area contributed by atoms with Gasteiger partial charge in [-0.1, -0.05) is 78.9 Å². The fourth-order valence-corrected chi connectivity index (χ4v) is 13.4. The molecular weight excluding hydrogens is 726 g/mol. The predicted molar refractivity (Wildman–Crippen MR) is 228 cm³/mol. The average molecular weight is 754 g/mol. The zero-order valence-corrected chi connectivity index (χ0v) is 31.3. The summed E-state index contributed by atoms with van der Waals surface area (Å²) in [6.45, 7) is 2.06. The van der Waals surface area contributed by atoms with Crippen molar-refractivity contribution in [3.63, 3.8) is 0 Å². The zero-order valence-electron chi connectivity index (χ0n) is 30.4. The standard InChI is InChI=1S/C49H28N3O4P/c1-27-18-19-38-42(22-27)54-40-20-21-41-49-46(40)52(38)39-23-28(50-34-14-6-2-10-30(34)31-11-3-7-15-35(31)50)24-43-47(39)57(49,53)48-44(55-41)25-29(26-45(48)56-43)51-36-16-8-4-12-32(36)33-13-5-9-17-37(33)51/h2-26H,1H3. The number of fused-ring (bicyclic) bond motifs is 9. The first-order valence-electron chi connectivity index (χ1n) is 19.1. The van der Waals surface area contributed by atoms with Crippen molar-refractivity contribution in [1.29, 1.82) is 0 Å². The van der Waals surface area contributed by atoms with Crippen LogP contribution in [0.25, 0.3) is 55.0 Å². The number of nitrogens with zero attached hydrogens (tertiary/aromatic N) is 3. The van der Waals surface area contributed by atoms with Crippen LogP contribution in [-0.2, 0) is 4.57 Å². The van der Waals surface area contributed by atoms with Gasteiger partial charge in [-0.3, -0.25) is 0 Å². The van der Waals surface area contributed by atoms with Crippen molar-refractivity contribution in [2.45, 2.75) is 6.92 Å². The molecule has 0 N–H and O–H groups in total. The van der Waals surface area contributed by atoms with Crippen molar-refractivity contribution in [2.75, 3.05) is 4.90 Å². The van der Waals surface area contributed by atoms with Crippen LogP contribution in [-0.4, -0.2) is 9.13 Å². The van der Waals surface area contributed by atoms with Gasteiger partial charge < -0.3 is 32.8 Å². The molecule has 268 valence electrons. The lowest BCUT2D eigenvalue weighted by Crippen LogP contribution is -2.43. The highest BCUT2D eigenvalue weighted by Crippen LogP contribution is 2.68. The summed E-state index contributed by atoms with van der Waals surface area (Å²) in [5.74, 6) is 3.55. The van der Waals surface area contributed by atoms with Crippen LogP contribution in [0.4, 0.5) is 17.1 Å². The molecular formula is C49H28N3O4P. The van der Waals surface area contributed by atoms with E-state index >= 15 is 4.57 Å². The van der Waals surface area contributed by atoms with Gasteiger partial charge in [-0.25, -0.2) is 0 Å². The van der Waals surface area contributed by atoms with Crippen molar-refractivity contribution in [3.05, 3.63) is 157 Å². The number of aryl methyl sites for hydroxylation is 1. The molecule has 10 aromatic rings. The molecule has 1 atom stereocenters. The summed E-state index contributed by atoms with van der Waals surface area (Å²) in [6.07, 6.45) is 0. The van der Waals surface area contributed by atoms with Crippen LogP contribution in [0.3, 0.4) is 0 Å². The van der Waals surface area contributed by atoms with Crippen LogP contribution >= 0.6 is 7.14 Å². The number of para-hydroxylation sites is 4. The molecule has 2 aromatic heterocycles. The van der Waals surface area contributed by atoms with Gasteiger partial charge in [0, 0.05) is 39.7 Å². The van der Waals surface area contributed by atoms with Gasteiger partial charge in [0.2, 0.25) is 0 Å². The third-order valence-electron chi connectivity index (χ3n) is 12.2. The molecule has 1 unspecified atom stereocenters. The molecule has 0 amide bonds. The highest BCUT2D eigenvalue weighted by Gasteiger charge is 2.55. The quantitative estimate of drug-likeness (QED) is 0.165. The molecule has 0 fully saturated rings. The monoisotopic (exact) mass is 753 g/mol. The van der Waals surface area contributed by atoms with Gasteiger partial charge in [-0.15, -0.1) is 0 Å². The maximum Gasteiger partial charge on any atom is 0.190 e. The van der Waals surface area contributed by atoms with Gasteiger partial charge in [-0.05, 0) is 67.1 Å². The number of ether oxygens (including phenoxy) is 3. The number of hydrogen-bond donors (Lipinski definition) is 0. The van der Waals surface area contributed by atoms with E-state index in [1.54, 1.807) is 0 Å². The number of anilines is 3. The summed E-state index contributed by atoms with van der Waals surface area (Å²) in [5.41, 5.74) is 9.55. The zero-order chi connectivity index (χ0) is 37.3. The van der Waals surface area contributed by atoms with Crippen LogP contribution in [0, 0.1) is 6.92 Å². The Morgan fingerprint density at radius 3 is 1.47 bits per heavy atom. The fraction of sp³-hybridized carbons (Fsp3) is 0.0204. The minimum atomic E-state index is -3.63. The van der Waals surface area contributed by atoms with E-state index in [0.29, 0.717) is 44.7 Å². The van der Waals surface area contributed by atoms with Crippen molar-refractivity contribution in [2.24, 2.45) is 0 Å². The summed E-state index contributed by atoms with van der Waals surface area (Å²) in [4.78, 5) is 2.22. The Kier molecular flexibility index (Phi) is 5.35. The molecule has 0 spiro atoms. The highest BCUT2D eigenvalue weighted by molar-refractivity contribution is 7.87. The van der Waals surface area contributed by atoms with Crippen molar-refractivity contribution >= 4 is 83.7 Å². The molecule has 14 rings (SSSR count). The molecule has 0 bridgehead atoms. The van der Waals surface area contributed by atoms with E-state index in [9.17, 15) is 0 Å². The summed E-state index contributed by atoms with van der Waals surface area (Å²) in [7, 11) is -3.63. The molecule has 8 aromatic carbocycles. The van der Waals surface area contributed by atoms with Crippen molar-refractivity contribution in [3.8, 4) is 45.9 Å². The van der Waals surface area contributed by atoms with Crippen LogP contribution in [0.2, 0.25) is 0 Å². The maximum atomic E-state index is 16.8. The second-order valence-electron chi connectivity index (χ2n) is 15.3. The third-order valence-corrected chi connectivity index (χ3v) is 15.5. The Morgan fingerprint density at radius 1 is 0.421 bits per heavy atom. The molecule has 7 nitrogen and oxygen atoms in total. The van der Waals surface area contributed by atoms with Crippen LogP contribution in [0.1, 0.15) is 5.56 Å². The van der Waals surface area contributed by atoms with Crippen LogP contribution in [0.5, 0.6) is 34.5 Å². The summed E-state index contributed by atoms with van der Waals surface area (Å²) in [5, 5.41) is 6.53. The van der Waals surface area contributed by atoms with Gasteiger partial charge in [0.1, 0.15) is 34.0 Å². The van der Waals surface area contributed by atoms with E-state index in [0.717, 1.165) is 83.4 Å². The molecule has 0 radical (unpaired) electrons. The maximum absolute atomic E-state index is 16.8.